The maximum atomic E-state index is 12.9. The van der Waals surface area contributed by atoms with Crippen LogP contribution in [-0.4, -0.2) is 55.0 Å². The van der Waals surface area contributed by atoms with E-state index in [4.69, 9.17) is 4.74 Å². The second-order valence-corrected chi connectivity index (χ2v) is 7.73. The molecule has 0 aliphatic heterocycles. The predicted octanol–water partition coefficient (Wildman–Crippen LogP) is 3.73. The molecule has 0 bridgehead atoms. The second kappa shape index (κ2) is 9.23. The van der Waals surface area contributed by atoms with Crippen LogP contribution < -0.4 is 4.74 Å². The van der Waals surface area contributed by atoms with Crippen molar-refractivity contribution in [3.63, 3.8) is 0 Å². The molecule has 1 aromatic rings. The third-order valence-corrected chi connectivity index (χ3v) is 5.31. The van der Waals surface area contributed by atoms with E-state index >= 15 is 0 Å². The van der Waals surface area contributed by atoms with Crippen molar-refractivity contribution in [2.24, 2.45) is 5.92 Å². The molecule has 1 aromatic carbocycles. The number of amides is 1. The summed E-state index contributed by atoms with van der Waals surface area (Å²) in [6.45, 7) is 7.75. The smallest absolute Gasteiger partial charge is 0.263 e. The zero-order valence-electron chi connectivity index (χ0n) is 16.5. The standard InChI is InChI=1S/C21H34N2O2/c1-16(2)20(25-19-13-9-6-10-17(19)3)21(24)23(5)15-14-22(4)18-11-7-8-12-18/h6,9-10,13,16,18,20H,7-8,11-12,14-15H2,1-5H3. The van der Waals surface area contributed by atoms with Gasteiger partial charge in [-0.05, 0) is 44.4 Å². The summed E-state index contributed by atoms with van der Waals surface area (Å²) in [5.74, 6) is 0.992. The molecular weight excluding hydrogens is 312 g/mol. The molecule has 1 amide bonds. The number of hydrogen-bond donors (Lipinski definition) is 0. The van der Waals surface area contributed by atoms with Crippen LogP contribution in [-0.2, 0) is 4.79 Å². The number of hydrogen-bond acceptors (Lipinski definition) is 3. The first kappa shape index (κ1) is 19.8. The molecule has 1 aliphatic carbocycles. The van der Waals surface area contributed by atoms with Gasteiger partial charge in [-0.15, -0.1) is 0 Å². The van der Waals surface area contributed by atoms with E-state index in [2.05, 4.69) is 11.9 Å². The Hall–Kier alpha value is -1.55. The van der Waals surface area contributed by atoms with E-state index < -0.39 is 6.10 Å². The van der Waals surface area contributed by atoms with Gasteiger partial charge in [-0.2, -0.15) is 0 Å². The zero-order valence-corrected chi connectivity index (χ0v) is 16.5. The maximum absolute atomic E-state index is 12.9. The van der Waals surface area contributed by atoms with Crippen LogP contribution in [0, 0.1) is 12.8 Å². The fourth-order valence-corrected chi connectivity index (χ4v) is 3.46. The van der Waals surface area contributed by atoms with Crippen LogP contribution in [0.2, 0.25) is 0 Å². The average Bonchev–Trinajstić information content (AvgIpc) is 3.12. The summed E-state index contributed by atoms with van der Waals surface area (Å²) < 4.78 is 6.09. The second-order valence-electron chi connectivity index (χ2n) is 7.73. The van der Waals surface area contributed by atoms with Crippen molar-refractivity contribution in [3.05, 3.63) is 29.8 Å². The highest BCUT2D eigenvalue weighted by Gasteiger charge is 2.28. The van der Waals surface area contributed by atoms with E-state index in [1.807, 2.05) is 57.0 Å². The van der Waals surface area contributed by atoms with Gasteiger partial charge in [-0.1, -0.05) is 44.9 Å². The van der Waals surface area contributed by atoms with Crippen molar-refractivity contribution in [3.8, 4) is 5.75 Å². The van der Waals surface area contributed by atoms with Crippen LogP contribution in [0.1, 0.15) is 45.1 Å². The molecule has 4 heteroatoms. The summed E-state index contributed by atoms with van der Waals surface area (Å²) in [4.78, 5) is 17.2. The quantitative estimate of drug-likeness (QED) is 0.719. The van der Waals surface area contributed by atoms with Gasteiger partial charge in [0.15, 0.2) is 6.10 Å². The molecule has 0 N–H and O–H groups in total. The van der Waals surface area contributed by atoms with Gasteiger partial charge in [-0.3, -0.25) is 4.79 Å². The molecule has 0 heterocycles. The molecule has 0 saturated heterocycles. The van der Waals surface area contributed by atoms with Crippen molar-refractivity contribution in [2.45, 2.75) is 58.6 Å². The van der Waals surface area contributed by atoms with Gasteiger partial charge in [0, 0.05) is 26.2 Å². The number of benzene rings is 1. The van der Waals surface area contributed by atoms with E-state index in [9.17, 15) is 4.79 Å². The van der Waals surface area contributed by atoms with Gasteiger partial charge in [0.25, 0.3) is 5.91 Å². The van der Waals surface area contributed by atoms with Crippen LogP contribution in [0.5, 0.6) is 5.75 Å². The lowest BCUT2D eigenvalue weighted by Crippen LogP contribution is -2.46. The molecule has 2 rings (SSSR count). The molecule has 1 aliphatic rings. The molecule has 0 aromatic heterocycles. The third kappa shape index (κ3) is 5.46. The van der Waals surface area contributed by atoms with Crippen LogP contribution in [0.15, 0.2) is 24.3 Å². The molecule has 1 fully saturated rings. The Morgan fingerprint density at radius 3 is 2.40 bits per heavy atom. The Labute approximate surface area is 153 Å². The molecule has 1 unspecified atom stereocenters. The van der Waals surface area contributed by atoms with Crippen molar-refractivity contribution in [2.75, 3.05) is 27.2 Å². The summed E-state index contributed by atoms with van der Waals surface area (Å²) in [5, 5.41) is 0. The summed E-state index contributed by atoms with van der Waals surface area (Å²) in [7, 11) is 4.07. The molecule has 140 valence electrons. The van der Waals surface area contributed by atoms with E-state index in [-0.39, 0.29) is 11.8 Å². The first-order valence-electron chi connectivity index (χ1n) is 9.57. The lowest BCUT2D eigenvalue weighted by molar-refractivity contribution is -0.139. The number of aryl methyl sites for hydroxylation is 1. The van der Waals surface area contributed by atoms with Crippen LogP contribution >= 0.6 is 0 Å². The van der Waals surface area contributed by atoms with Crippen molar-refractivity contribution in [1.29, 1.82) is 0 Å². The topological polar surface area (TPSA) is 32.8 Å². The monoisotopic (exact) mass is 346 g/mol. The Morgan fingerprint density at radius 1 is 1.16 bits per heavy atom. The van der Waals surface area contributed by atoms with Gasteiger partial charge in [-0.25, -0.2) is 0 Å². The summed E-state index contributed by atoms with van der Waals surface area (Å²) >= 11 is 0. The molecular formula is C21H34N2O2. The normalized spacial score (nSPS) is 16.4. The first-order chi connectivity index (χ1) is 11.9. The predicted molar refractivity (Wildman–Crippen MR) is 103 cm³/mol. The maximum Gasteiger partial charge on any atom is 0.263 e. The van der Waals surface area contributed by atoms with Gasteiger partial charge >= 0.3 is 0 Å². The third-order valence-electron chi connectivity index (χ3n) is 5.31. The molecule has 4 nitrogen and oxygen atoms in total. The first-order valence-corrected chi connectivity index (χ1v) is 9.57. The van der Waals surface area contributed by atoms with Crippen LogP contribution in [0.3, 0.4) is 0 Å². The lowest BCUT2D eigenvalue weighted by atomic mass is 10.1. The minimum absolute atomic E-state index is 0.0677. The fourth-order valence-electron chi connectivity index (χ4n) is 3.46. The van der Waals surface area contributed by atoms with Crippen molar-refractivity contribution in [1.82, 2.24) is 9.80 Å². The lowest BCUT2D eigenvalue weighted by Gasteiger charge is -2.30. The van der Waals surface area contributed by atoms with Gasteiger partial charge in [0.1, 0.15) is 5.75 Å². The van der Waals surface area contributed by atoms with Crippen molar-refractivity contribution < 1.29 is 9.53 Å². The zero-order chi connectivity index (χ0) is 18.4. The average molecular weight is 347 g/mol. The van der Waals surface area contributed by atoms with Gasteiger partial charge in [0.2, 0.25) is 0 Å². The fraction of sp³-hybridized carbons (Fsp3) is 0.667. The highest BCUT2D eigenvalue weighted by atomic mass is 16.5. The van der Waals surface area contributed by atoms with Crippen molar-refractivity contribution >= 4 is 5.91 Å². The number of carbonyl (C=O) groups is 1. The SMILES string of the molecule is Cc1ccccc1OC(C(=O)N(C)CCN(C)C1CCCC1)C(C)C. The Bertz CT molecular complexity index is 553. The number of ether oxygens (including phenoxy) is 1. The number of para-hydroxylation sites is 1. The molecule has 1 atom stereocenters. The highest BCUT2D eigenvalue weighted by molar-refractivity contribution is 5.81. The number of likely N-dealkylation sites (N-methyl/N-ethyl adjacent to an activating group) is 2. The van der Waals surface area contributed by atoms with Crippen LogP contribution in [0.4, 0.5) is 0 Å². The van der Waals surface area contributed by atoms with E-state index in [0.717, 1.165) is 24.4 Å². The number of rotatable bonds is 8. The molecule has 0 radical (unpaired) electrons. The largest absolute Gasteiger partial charge is 0.480 e. The summed E-state index contributed by atoms with van der Waals surface area (Å²) in [5.41, 5.74) is 1.06. The molecule has 0 spiro atoms. The van der Waals surface area contributed by atoms with E-state index in [1.54, 1.807) is 0 Å². The van der Waals surface area contributed by atoms with Crippen LogP contribution in [0.25, 0.3) is 0 Å². The van der Waals surface area contributed by atoms with E-state index in [0.29, 0.717) is 6.04 Å². The summed E-state index contributed by atoms with van der Waals surface area (Å²) in [6.07, 6.45) is 4.81. The van der Waals surface area contributed by atoms with Gasteiger partial charge in [0.05, 0.1) is 0 Å². The highest BCUT2D eigenvalue weighted by Crippen LogP contribution is 2.23. The molecule has 1 saturated carbocycles. The number of nitrogens with zero attached hydrogens (tertiary/aromatic N) is 2. The Balaban J connectivity index is 1.93. The molecule has 25 heavy (non-hydrogen) atoms. The number of carbonyl (C=O) groups excluding carboxylic acids is 1. The van der Waals surface area contributed by atoms with Gasteiger partial charge < -0.3 is 14.5 Å². The Kier molecular flexibility index (Phi) is 7.30. The van der Waals surface area contributed by atoms with E-state index in [1.165, 1.54) is 25.7 Å². The minimum Gasteiger partial charge on any atom is -0.480 e. The Morgan fingerprint density at radius 2 is 1.80 bits per heavy atom. The minimum atomic E-state index is -0.442. The summed E-state index contributed by atoms with van der Waals surface area (Å²) in [6, 6.07) is 8.57.